The van der Waals surface area contributed by atoms with E-state index in [4.69, 9.17) is 5.11 Å². The first-order valence-electron chi connectivity index (χ1n) is 4.90. The predicted molar refractivity (Wildman–Crippen MR) is 62.0 cm³/mol. The number of H-pyrrole nitrogens is 1. The van der Waals surface area contributed by atoms with E-state index >= 15 is 0 Å². The van der Waals surface area contributed by atoms with Crippen molar-refractivity contribution in [2.75, 3.05) is 11.6 Å². The molecule has 0 spiro atoms. The van der Waals surface area contributed by atoms with Crippen molar-refractivity contribution in [1.29, 1.82) is 0 Å². The van der Waals surface area contributed by atoms with Crippen molar-refractivity contribution in [1.82, 2.24) is 9.88 Å². The van der Waals surface area contributed by atoms with Gasteiger partial charge in [0.1, 0.15) is 11.7 Å². The number of carboxylic acids is 1. The standard InChI is InChI=1S/C10H10N2O4S/c13-8-3-1-2-6(11-8)9(14)12-5-17-4-7(12)10(15)16/h1-3,7H,4-5H2,(H,11,13)(H,15,16). The van der Waals surface area contributed by atoms with Gasteiger partial charge in [0.15, 0.2) is 0 Å². The van der Waals surface area contributed by atoms with Crippen LogP contribution in [0.4, 0.5) is 0 Å². The third-order valence-electron chi connectivity index (χ3n) is 2.43. The van der Waals surface area contributed by atoms with Crippen LogP contribution in [0.2, 0.25) is 0 Å². The molecule has 0 aromatic carbocycles. The fourth-order valence-corrected chi connectivity index (χ4v) is 2.72. The number of aliphatic carboxylic acids is 1. The van der Waals surface area contributed by atoms with E-state index in [9.17, 15) is 14.4 Å². The highest BCUT2D eigenvalue weighted by molar-refractivity contribution is 7.99. The fraction of sp³-hybridized carbons (Fsp3) is 0.300. The molecule has 1 aliphatic rings. The second-order valence-electron chi connectivity index (χ2n) is 3.56. The number of aromatic nitrogens is 1. The summed E-state index contributed by atoms with van der Waals surface area (Å²) < 4.78 is 0. The van der Waals surface area contributed by atoms with Gasteiger partial charge in [-0.15, -0.1) is 11.8 Å². The van der Waals surface area contributed by atoms with Crippen molar-refractivity contribution < 1.29 is 14.7 Å². The summed E-state index contributed by atoms with van der Waals surface area (Å²) in [4.78, 5) is 37.6. The van der Waals surface area contributed by atoms with Gasteiger partial charge >= 0.3 is 5.97 Å². The molecule has 6 nitrogen and oxygen atoms in total. The van der Waals surface area contributed by atoms with Gasteiger partial charge in [-0.1, -0.05) is 6.07 Å². The Morgan fingerprint density at radius 1 is 1.47 bits per heavy atom. The van der Waals surface area contributed by atoms with Gasteiger partial charge in [-0.25, -0.2) is 4.79 Å². The van der Waals surface area contributed by atoms with Crippen molar-refractivity contribution in [3.63, 3.8) is 0 Å². The maximum Gasteiger partial charge on any atom is 0.327 e. The zero-order chi connectivity index (χ0) is 12.4. The highest BCUT2D eigenvalue weighted by Gasteiger charge is 2.35. The number of carbonyl (C=O) groups excluding carboxylic acids is 1. The molecule has 2 N–H and O–H groups in total. The summed E-state index contributed by atoms with van der Waals surface area (Å²) in [5, 5.41) is 8.95. The monoisotopic (exact) mass is 254 g/mol. The van der Waals surface area contributed by atoms with Crippen LogP contribution in [-0.4, -0.2) is 44.5 Å². The molecule has 0 bridgehead atoms. The average Bonchev–Trinajstić information content (AvgIpc) is 2.77. The van der Waals surface area contributed by atoms with E-state index in [1.807, 2.05) is 0 Å². The predicted octanol–water partition coefficient (Wildman–Crippen LogP) is -0.0254. The number of hydrogen-bond donors (Lipinski definition) is 2. The number of nitrogens with one attached hydrogen (secondary N) is 1. The molecule has 1 atom stereocenters. The van der Waals surface area contributed by atoms with Crippen molar-refractivity contribution in [2.24, 2.45) is 0 Å². The van der Waals surface area contributed by atoms with Gasteiger partial charge in [0.2, 0.25) is 5.56 Å². The minimum absolute atomic E-state index is 0.117. The number of pyridine rings is 1. The Balaban J connectivity index is 2.26. The smallest absolute Gasteiger partial charge is 0.327 e. The summed E-state index contributed by atoms with van der Waals surface area (Å²) in [5.41, 5.74) is -0.263. The zero-order valence-electron chi connectivity index (χ0n) is 8.75. The van der Waals surface area contributed by atoms with Crippen molar-refractivity contribution in [3.8, 4) is 0 Å². The van der Waals surface area contributed by atoms with Crippen LogP contribution in [0.3, 0.4) is 0 Å². The summed E-state index contributed by atoms with van der Waals surface area (Å²) in [6.07, 6.45) is 0. The summed E-state index contributed by atoms with van der Waals surface area (Å²) >= 11 is 1.38. The van der Waals surface area contributed by atoms with Gasteiger partial charge < -0.3 is 15.0 Å². The molecule has 1 fully saturated rings. The van der Waals surface area contributed by atoms with Crippen LogP contribution in [0.25, 0.3) is 0 Å². The number of rotatable bonds is 2. The third-order valence-corrected chi connectivity index (χ3v) is 3.44. The Bertz CT molecular complexity index is 513. The van der Waals surface area contributed by atoms with E-state index < -0.39 is 17.9 Å². The lowest BCUT2D eigenvalue weighted by Crippen LogP contribution is -2.42. The number of hydrogen-bond acceptors (Lipinski definition) is 4. The molecule has 1 aliphatic heterocycles. The van der Waals surface area contributed by atoms with Crippen LogP contribution in [0.5, 0.6) is 0 Å². The van der Waals surface area contributed by atoms with Gasteiger partial charge in [-0.2, -0.15) is 0 Å². The van der Waals surface area contributed by atoms with Crippen LogP contribution in [0.15, 0.2) is 23.0 Å². The summed E-state index contributed by atoms with van der Waals surface area (Å²) in [5.74, 6) is -0.785. The molecule has 1 aromatic heterocycles. The molecule has 1 amide bonds. The quantitative estimate of drug-likeness (QED) is 0.773. The van der Waals surface area contributed by atoms with E-state index in [0.717, 1.165) is 0 Å². The second kappa shape index (κ2) is 4.62. The average molecular weight is 254 g/mol. The maximum absolute atomic E-state index is 12.0. The highest BCUT2D eigenvalue weighted by atomic mass is 32.2. The van der Waals surface area contributed by atoms with Gasteiger partial charge in [0.05, 0.1) is 5.88 Å². The van der Waals surface area contributed by atoms with Crippen LogP contribution >= 0.6 is 11.8 Å². The first-order valence-corrected chi connectivity index (χ1v) is 6.06. The molecule has 0 radical (unpaired) electrons. The summed E-state index contributed by atoms with van der Waals surface area (Å²) in [6, 6.07) is 3.40. The van der Waals surface area contributed by atoms with Crippen LogP contribution in [0.1, 0.15) is 10.5 Å². The Morgan fingerprint density at radius 2 is 2.24 bits per heavy atom. The van der Waals surface area contributed by atoms with Crippen molar-refractivity contribution in [3.05, 3.63) is 34.2 Å². The van der Waals surface area contributed by atoms with Gasteiger partial charge in [-0.3, -0.25) is 9.59 Å². The third kappa shape index (κ3) is 2.33. The van der Waals surface area contributed by atoms with Gasteiger partial charge in [-0.05, 0) is 6.07 Å². The number of carbonyl (C=O) groups is 2. The number of carboxylic acid groups (broad SMARTS) is 1. The first kappa shape index (κ1) is 11.7. The Kier molecular flexibility index (Phi) is 3.19. The maximum atomic E-state index is 12.0. The lowest BCUT2D eigenvalue weighted by molar-refractivity contribution is -0.140. The number of thioether (sulfide) groups is 1. The molecule has 1 aromatic rings. The highest BCUT2D eigenvalue weighted by Crippen LogP contribution is 2.22. The minimum Gasteiger partial charge on any atom is -0.480 e. The lowest BCUT2D eigenvalue weighted by Gasteiger charge is -2.19. The molecular weight excluding hydrogens is 244 g/mol. The van der Waals surface area contributed by atoms with Crippen molar-refractivity contribution >= 4 is 23.6 Å². The molecule has 7 heteroatoms. The second-order valence-corrected chi connectivity index (χ2v) is 4.56. The van der Waals surface area contributed by atoms with E-state index in [0.29, 0.717) is 11.6 Å². The van der Waals surface area contributed by atoms with E-state index in [1.54, 1.807) is 0 Å². The summed E-state index contributed by atoms with van der Waals surface area (Å²) in [7, 11) is 0. The number of aromatic amines is 1. The number of nitrogens with zero attached hydrogens (tertiary/aromatic N) is 1. The Morgan fingerprint density at radius 3 is 2.88 bits per heavy atom. The molecule has 2 heterocycles. The van der Waals surface area contributed by atoms with Gasteiger partial charge in [0, 0.05) is 11.8 Å². The van der Waals surface area contributed by atoms with Crippen LogP contribution in [0, 0.1) is 0 Å². The largest absolute Gasteiger partial charge is 0.480 e. The normalized spacial score (nSPS) is 19.3. The zero-order valence-corrected chi connectivity index (χ0v) is 9.57. The Labute approximate surface area is 101 Å². The van der Waals surface area contributed by atoms with Gasteiger partial charge in [0.25, 0.3) is 5.91 Å². The SMILES string of the molecule is O=C(O)C1CSCN1C(=O)c1cccc(=O)[nH]1. The molecule has 90 valence electrons. The minimum atomic E-state index is -1.03. The van der Waals surface area contributed by atoms with Crippen molar-refractivity contribution in [2.45, 2.75) is 6.04 Å². The van der Waals surface area contributed by atoms with Crippen LogP contribution < -0.4 is 5.56 Å². The Hall–Kier alpha value is -1.76. The van der Waals surface area contributed by atoms with E-state index in [1.165, 1.54) is 34.9 Å². The first-order chi connectivity index (χ1) is 8.09. The fourth-order valence-electron chi connectivity index (χ4n) is 1.57. The topological polar surface area (TPSA) is 90.5 Å². The molecule has 17 heavy (non-hydrogen) atoms. The van der Waals surface area contributed by atoms with Crippen LogP contribution in [-0.2, 0) is 4.79 Å². The molecular formula is C10H10N2O4S. The molecule has 2 rings (SSSR count). The molecule has 0 aliphatic carbocycles. The number of amides is 1. The summed E-state index contributed by atoms with van der Waals surface area (Å²) in [6.45, 7) is 0. The van der Waals surface area contributed by atoms with E-state index in [-0.39, 0.29) is 11.3 Å². The molecule has 1 unspecified atom stereocenters. The lowest BCUT2D eigenvalue weighted by atomic mass is 10.2. The molecule has 0 saturated carbocycles. The van der Waals surface area contributed by atoms with E-state index in [2.05, 4.69) is 4.98 Å². The molecule has 1 saturated heterocycles.